The lowest BCUT2D eigenvalue weighted by Crippen LogP contribution is -2.21. The Balaban J connectivity index is 1.32. The molecule has 0 bridgehead atoms. The minimum atomic E-state index is -0.963. The molecule has 0 saturated heterocycles. The Morgan fingerprint density at radius 1 is 1.14 bits per heavy atom. The number of carbonyl (C=O) groups is 2. The normalized spacial score (nSPS) is 14.1. The number of methoxy groups -OCH3 is 1. The van der Waals surface area contributed by atoms with Gasteiger partial charge < -0.3 is 24.6 Å². The van der Waals surface area contributed by atoms with E-state index in [0.717, 1.165) is 5.39 Å². The van der Waals surface area contributed by atoms with Crippen LogP contribution in [0.4, 0.5) is 5.69 Å². The maximum atomic E-state index is 12.8. The average molecular weight is 495 g/mol. The summed E-state index contributed by atoms with van der Waals surface area (Å²) in [6.45, 7) is 0.263. The van der Waals surface area contributed by atoms with Crippen molar-refractivity contribution in [1.82, 2.24) is 4.98 Å². The number of fused-ring (bicyclic) bond motifs is 2. The Hall–Kier alpha value is -5.10. The summed E-state index contributed by atoms with van der Waals surface area (Å²) in [5, 5.41) is 22.7. The van der Waals surface area contributed by atoms with E-state index in [1.165, 1.54) is 12.1 Å². The Kier molecular flexibility index (Phi) is 6.31. The number of nitrogens with one attached hydrogen (secondary N) is 1. The minimum absolute atomic E-state index is 0.192. The summed E-state index contributed by atoms with van der Waals surface area (Å²) in [6, 6.07) is 18.9. The van der Waals surface area contributed by atoms with Gasteiger partial charge in [-0.05, 0) is 48.9 Å². The monoisotopic (exact) mass is 495 g/mol. The first-order valence-electron chi connectivity index (χ1n) is 11.4. The number of ether oxygens (including phenoxy) is 3. The van der Waals surface area contributed by atoms with Crippen molar-refractivity contribution < 1.29 is 28.9 Å². The lowest BCUT2D eigenvalue weighted by molar-refractivity contribution is -0.139. The molecule has 9 nitrogen and oxygen atoms in total. The molecular weight excluding hydrogens is 474 g/mol. The molecule has 4 aromatic rings. The molecule has 5 rings (SSSR count). The molecule has 184 valence electrons. The van der Waals surface area contributed by atoms with Gasteiger partial charge in [0.05, 0.1) is 37.1 Å². The summed E-state index contributed by atoms with van der Waals surface area (Å²) in [5.41, 5.74) is 2.29. The summed E-state index contributed by atoms with van der Waals surface area (Å²) in [5.74, 6) is -0.351. The zero-order chi connectivity index (χ0) is 25.9. The summed E-state index contributed by atoms with van der Waals surface area (Å²) in [4.78, 5) is 28.7. The molecule has 3 aromatic carbocycles. The highest BCUT2D eigenvalue weighted by Crippen LogP contribution is 2.39. The Labute approximate surface area is 211 Å². The average Bonchev–Trinajstić information content (AvgIpc) is 2.92. The van der Waals surface area contributed by atoms with Gasteiger partial charge >= 0.3 is 5.97 Å². The van der Waals surface area contributed by atoms with E-state index in [2.05, 4.69) is 16.4 Å². The van der Waals surface area contributed by atoms with Crippen LogP contribution in [0.3, 0.4) is 0 Å². The van der Waals surface area contributed by atoms with Gasteiger partial charge in [0.1, 0.15) is 34.6 Å². The molecule has 0 saturated carbocycles. The number of para-hydroxylation sites is 1. The molecule has 9 heteroatoms. The van der Waals surface area contributed by atoms with E-state index in [-0.39, 0.29) is 23.8 Å². The minimum Gasteiger partial charge on any atom is -0.494 e. The molecule has 1 amide bonds. The van der Waals surface area contributed by atoms with Crippen molar-refractivity contribution in [3.8, 4) is 29.1 Å². The summed E-state index contributed by atoms with van der Waals surface area (Å²) >= 11 is 0. The number of amides is 1. The maximum absolute atomic E-state index is 12.8. The van der Waals surface area contributed by atoms with Crippen LogP contribution in [0.5, 0.6) is 23.0 Å². The zero-order valence-corrected chi connectivity index (χ0v) is 19.7. The number of nitriles is 1. The number of aliphatic carboxylic acids is 1. The van der Waals surface area contributed by atoms with Crippen LogP contribution in [-0.2, 0) is 4.79 Å². The predicted molar refractivity (Wildman–Crippen MR) is 134 cm³/mol. The maximum Gasteiger partial charge on any atom is 0.311 e. The molecule has 2 heterocycles. The van der Waals surface area contributed by atoms with Crippen molar-refractivity contribution in [2.24, 2.45) is 0 Å². The van der Waals surface area contributed by atoms with E-state index >= 15 is 0 Å². The number of hydrogen-bond donors (Lipinski definition) is 2. The number of rotatable bonds is 6. The number of carboxylic acid groups (broad SMARTS) is 1. The quantitative estimate of drug-likeness (QED) is 0.377. The molecule has 0 spiro atoms. The van der Waals surface area contributed by atoms with Crippen molar-refractivity contribution in [3.63, 3.8) is 0 Å². The van der Waals surface area contributed by atoms with Gasteiger partial charge in [-0.3, -0.25) is 14.6 Å². The predicted octanol–water partition coefficient (Wildman–Crippen LogP) is 5.11. The van der Waals surface area contributed by atoms with Crippen LogP contribution < -0.4 is 19.5 Å². The van der Waals surface area contributed by atoms with Crippen LogP contribution in [-0.4, -0.2) is 35.7 Å². The fourth-order valence-corrected chi connectivity index (χ4v) is 4.22. The molecule has 0 aliphatic carbocycles. The lowest BCUT2D eigenvalue weighted by Gasteiger charge is -2.24. The van der Waals surface area contributed by atoms with Crippen molar-refractivity contribution in [3.05, 3.63) is 83.6 Å². The van der Waals surface area contributed by atoms with Crippen LogP contribution in [0.2, 0.25) is 0 Å². The molecule has 0 radical (unpaired) electrons. The molecule has 1 unspecified atom stereocenters. The molecular formula is C28H21N3O6. The second-order valence-electron chi connectivity index (χ2n) is 8.36. The van der Waals surface area contributed by atoms with E-state index in [1.54, 1.807) is 37.6 Å². The van der Waals surface area contributed by atoms with Crippen LogP contribution >= 0.6 is 0 Å². The first-order valence-corrected chi connectivity index (χ1v) is 11.4. The van der Waals surface area contributed by atoms with Crippen LogP contribution in [0.1, 0.15) is 33.8 Å². The van der Waals surface area contributed by atoms with Gasteiger partial charge in [-0.2, -0.15) is 5.26 Å². The van der Waals surface area contributed by atoms with Crippen molar-refractivity contribution in [2.75, 3.05) is 19.0 Å². The summed E-state index contributed by atoms with van der Waals surface area (Å²) in [7, 11) is 1.58. The second-order valence-corrected chi connectivity index (χ2v) is 8.36. The first kappa shape index (κ1) is 23.6. The van der Waals surface area contributed by atoms with E-state index in [1.807, 2.05) is 24.3 Å². The summed E-state index contributed by atoms with van der Waals surface area (Å²) in [6.07, 6.45) is 1.90. The Morgan fingerprint density at radius 2 is 1.95 bits per heavy atom. The lowest BCUT2D eigenvalue weighted by atomic mass is 9.91. The first-order chi connectivity index (χ1) is 18.0. The van der Waals surface area contributed by atoms with E-state index in [0.29, 0.717) is 46.0 Å². The fraction of sp³-hybridized carbons (Fsp3) is 0.143. The Morgan fingerprint density at radius 3 is 2.68 bits per heavy atom. The number of hydrogen-bond acceptors (Lipinski definition) is 7. The number of nitrogens with zero attached hydrogens (tertiary/aromatic N) is 2. The highest BCUT2D eigenvalue weighted by molar-refractivity contribution is 6.05. The number of carboxylic acids is 1. The third-order valence-corrected chi connectivity index (χ3v) is 6.07. The van der Waals surface area contributed by atoms with Crippen LogP contribution in [0.25, 0.3) is 10.9 Å². The van der Waals surface area contributed by atoms with Crippen LogP contribution in [0, 0.1) is 11.3 Å². The van der Waals surface area contributed by atoms with E-state index in [4.69, 9.17) is 14.2 Å². The third-order valence-electron chi connectivity index (χ3n) is 6.07. The molecule has 2 N–H and O–H groups in total. The van der Waals surface area contributed by atoms with Crippen molar-refractivity contribution in [2.45, 2.75) is 12.3 Å². The smallest absolute Gasteiger partial charge is 0.311 e. The van der Waals surface area contributed by atoms with Gasteiger partial charge in [0.15, 0.2) is 0 Å². The number of pyridine rings is 1. The molecule has 0 fully saturated rings. The SMILES string of the molecule is COc1cccc2cc(NC(=O)c3ccc(Oc4cc5c(cc4C#N)C(C(=O)O)CCO5)cc3)cnc12. The topological polar surface area (TPSA) is 131 Å². The van der Waals surface area contributed by atoms with Gasteiger partial charge in [-0.1, -0.05) is 12.1 Å². The number of benzene rings is 3. The van der Waals surface area contributed by atoms with Crippen molar-refractivity contribution >= 4 is 28.5 Å². The highest BCUT2D eigenvalue weighted by atomic mass is 16.5. The van der Waals surface area contributed by atoms with Gasteiger partial charge in [0.25, 0.3) is 5.91 Å². The van der Waals surface area contributed by atoms with Gasteiger partial charge in [0, 0.05) is 22.6 Å². The van der Waals surface area contributed by atoms with E-state index in [9.17, 15) is 20.0 Å². The van der Waals surface area contributed by atoms with E-state index < -0.39 is 11.9 Å². The standard InChI is InChI=1S/C28H21N3O6/c1-35-23-4-2-3-17-11-19(15-30-26(17)23)31-27(32)16-5-7-20(8-6-16)37-24-13-25-22(12-18(24)14-29)21(28(33)34)9-10-36-25/h2-8,11-13,15,21H,9-10H2,1H3,(H,31,32)(H,33,34). The van der Waals surface area contributed by atoms with Gasteiger partial charge in [0.2, 0.25) is 0 Å². The molecule has 37 heavy (non-hydrogen) atoms. The molecule has 1 aromatic heterocycles. The zero-order valence-electron chi connectivity index (χ0n) is 19.7. The number of anilines is 1. The fourth-order valence-electron chi connectivity index (χ4n) is 4.22. The number of carbonyl (C=O) groups excluding carboxylic acids is 1. The van der Waals surface area contributed by atoms with Gasteiger partial charge in [-0.15, -0.1) is 0 Å². The highest BCUT2D eigenvalue weighted by Gasteiger charge is 2.29. The largest absolute Gasteiger partial charge is 0.494 e. The summed E-state index contributed by atoms with van der Waals surface area (Å²) < 4.78 is 16.8. The number of aromatic nitrogens is 1. The van der Waals surface area contributed by atoms with Crippen LogP contribution in [0.15, 0.2) is 66.9 Å². The molecule has 1 aliphatic heterocycles. The Bertz CT molecular complexity index is 1560. The molecule has 1 aliphatic rings. The third kappa shape index (κ3) is 4.73. The second kappa shape index (κ2) is 9.87. The van der Waals surface area contributed by atoms with Gasteiger partial charge in [-0.25, -0.2) is 0 Å². The molecule has 1 atom stereocenters. The van der Waals surface area contributed by atoms with Crippen molar-refractivity contribution in [1.29, 1.82) is 5.26 Å².